The number of nitrogens with zero attached hydrogens (tertiary/aromatic N) is 4. The molecule has 5 nitrogen and oxygen atoms in total. The van der Waals surface area contributed by atoms with Crippen LogP contribution in [0.2, 0.25) is 0 Å². The van der Waals surface area contributed by atoms with E-state index in [9.17, 15) is 0 Å². The molecule has 0 unspecified atom stereocenters. The fraction of sp³-hybridized carbons (Fsp3) is 0.385. The van der Waals surface area contributed by atoms with E-state index in [-0.39, 0.29) is 0 Å². The molecule has 3 aromatic heterocycles. The fourth-order valence-corrected chi connectivity index (χ4v) is 3.96. The van der Waals surface area contributed by atoms with Gasteiger partial charge in [0.05, 0.1) is 10.3 Å². The van der Waals surface area contributed by atoms with Crippen LogP contribution in [0.4, 0.5) is 0 Å². The van der Waals surface area contributed by atoms with E-state index in [1.54, 1.807) is 30.0 Å². The molecule has 20 heavy (non-hydrogen) atoms. The van der Waals surface area contributed by atoms with Crippen LogP contribution in [-0.2, 0) is 0 Å². The highest BCUT2D eigenvalue weighted by Crippen LogP contribution is 2.48. The van der Waals surface area contributed by atoms with Gasteiger partial charge in [-0.15, -0.1) is 21.5 Å². The molecule has 102 valence electrons. The van der Waals surface area contributed by atoms with Gasteiger partial charge in [-0.1, -0.05) is 11.8 Å². The van der Waals surface area contributed by atoms with Crippen LogP contribution in [0.3, 0.4) is 0 Å². The summed E-state index contributed by atoms with van der Waals surface area (Å²) in [6.45, 7) is 1.80. The first-order valence-electron chi connectivity index (χ1n) is 6.40. The molecule has 1 fully saturated rings. The Bertz CT molecular complexity index is 791. The Morgan fingerprint density at radius 2 is 2.20 bits per heavy atom. The average Bonchev–Trinajstić information content (AvgIpc) is 3.05. The third kappa shape index (κ3) is 1.92. The van der Waals surface area contributed by atoms with Gasteiger partial charge >= 0.3 is 0 Å². The van der Waals surface area contributed by atoms with Crippen LogP contribution in [0, 0.1) is 6.92 Å². The molecule has 3 heterocycles. The molecule has 0 amide bonds. The quantitative estimate of drug-likeness (QED) is 0.688. The zero-order valence-electron chi connectivity index (χ0n) is 11.1. The molecular formula is C13H12N4OS2. The van der Waals surface area contributed by atoms with E-state index in [1.807, 2.05) is 12.5 Å². The Morgan fingerprint density at radius 1 is 1.35 bits per heavy atom. The van der Waals surface area contributed by atoms with Crippen molar-refractivity contribution >= 4 is 33.4 Å². The first kappa shape index (κ1) is 12.3. The van der Waals surface area contributed by atoms with Gasteiger partial charge in [0.15, 0.2) is 9.99 Å². The van der Waals surface area contributed by atoms with E-state index < -0.39 is 0 Å². The molecule has 3 aromatic rings. The molecule has 0 N–H and O–H groups in total. The van der Waals surface area contributed by atoms with Crippen molar-refractivity contribution in [2.24, 2.45) is 0 Å². The van der Waals surface area contributed by atoms with Crippen LogP contribution < -0.4 is 0 Å². The molecule has 1 saturated carbocycles. The van der Waals surface area contributed by atoms with Crippen LogP contribution in [-0.4, -0.2) is 26.4 Å². The summed E-state index contributed by atoms with van der Waals surface area (Å²) in [6, 6.07) is 0. The van der Waals surface area contributed by atoms with E-state index >= 15 is 0 Å². The van der Waals surface area contributed by atoms with Crippen LogP contribution >= 0.6 is 23.1 Å². The summed E-state index contributed by atoms with van der Waals surface area (Å²) in [5.74, 6) is 1.73. The van der Waals surface area contributed by atoms with E-state index in [1.165, 1.54) is 23.1 Å². The lowest BCUT2D eigenvalue weighted by Crippen LogP contribution is -1.91. The van der Waals surface area contributed by atoms with E-state index in [4.69, 9.17) is 4.42 Å². The summed E-state index contributed by atoms with van der Waals surface area (Å²) in [5, 5.41) is 8.07. The molecule has 0 radical (unpaired) electrons. The second-order valence-corrected chi connectivity index (χ2v) is 6.88. The Kier molecular flexibility index (Phi) is 2.78. The van der Waals surface area contributed by atoms with Crippen LogP contribution in [0.5, 0.6) is 0 Å². The largest absolute Gasteiger partial charge is 0.421 e. The lowest BCUT2D eigenvalue weighted by molar-refractivity contribution is 0.532. The first-order chi connectivity index (χ1) is 9.76. The normalized spacial score (nSPS) is 15.1. The second kappa shape index (κ2) is 4.53. The maximum atomic E-state index is 5.59. The van der Waals surface area contributed by atoms with Crippen molar-refractivity contribution in [3.8, 4) is 11.5 Å². The standard InChI is InChI=1S/C13H12N4OS2/c1-6-16-17-12(18-6)8-5-14-11-10(9(8)7-3-4-7)20-13(15-11)19-2/h5,7H,3-4H2,1-2H3. The van der Waals surface area contributed by atoms with Crippen LogP contribution in [0.25, 0.3) is 21.8 Å². The minimum Gasteiger partial charge on any atom is -0.421 e. The van der Waals surface area contributed by atoms with Gasteiger partial charge in [-0.25, -0.2) is 9.97 Å². The molecule has 0 bridgehead atoms. The van der Waals surface area contributed by atoms with Crippen molar-refractivity contribution in [1.82, 2.24) is 20.2 Å². The van der Waals surface area contributed by atoms with Gasteiger partial charge in [-0.2, -0.15) is 0 Å². The molecule has 0 aromatic carbocycles. The molecule has 0 atom stereocenters. The molecule has 1 aliphatic rings. The maximum absolute atomic E-state index is 5.59. The topological polar surface area (TPSA) is 64.7 Å². The predicted octanol–water partition coefficient (Wildman–Crippen LogP) is 3.65. The zero-order chi connectivity index (χ0) is 13.7. The van der Waals surface area contributed by atoms with Gasteiger partial charge in [-0.05, 0) is 30.6 Å². The molecule has 4 rings (SSSR count). The summed E-state index contributed by atoms with van der Waals surface area (Å²) < 4.78 is 7.81. The number of thiazole rings is 1. The van der Waals surface area contributed by atoms with Crippen LogP contribution in [0.1, 0.15) is 30.2 Å². The number of aryl methyl sites for hydroxylation is 1. The summed E-state index contributed by atoms with van der Waals surface area (Å²) in [4.78, 5) is 9.01. The number of fused-ring (bicyclic) bond motifs is 1. The monoisotopic (exact) mass is 304 g/mol. The second-order valence-electron chi connectivity index (χ2n) is 4.82. The summed E-state index contributed by atoms with van der Waals surface area (Å²) in [6.07, 6.45) is 6.29. The number of hydrogen-bond acceptors (Lipinski definition) is 7. The molecular weight excluding hydrogens is 292 g/mol. The Labute approximate surface area is 123 Å². The molecule has 1 aliphatic carbocycles. The highest BCUT2D eigenvalue weighted by atomic mass is 32.2. The van der Waals surface area contributed by atoms with Gasteiger partial charge in [0, 0.05) is 13.1 Å². The number of hydrogen-bond donors (Lipinski definition) is 0. The SMILES string of the molecule is CSc1nc2ncc(-c3nnc(C)o3)c(C3CC3)c2s1. The Hall–Kier alpha value is -1.47. The van der Waals surface area contributed by atoms with E-state index in [0.717, 1.165) is 15.6 Å². The van der Waals surface area contributed by atoms with E-state index in [2.05, 4.69) is 20.2 Å². The van der Waals surface area contributed by atoms with Crippen molar-refractivity contribution < 1.29 is 4.42 Å². The van der Waals surface area contributed by atoms with Gasteiger partial charge < -0.3 is 4.42 Å². The molecule has 0 spiro atoms. The summed E-state index contributed by atoms with van der Waals surface area (Å²) in [5.41, 5.74) is 3.09. The molecule has 0 saturated heterocycles. The maximum Gasteiger partial charge on any atom is 0.249 e. The number of aromatic nitrogens is 4. The van der Waals surface area contributed by atoms with Crippen LogP contribution in [0.15, 0.2) is 15.0 Å². The van der Waals surface area contributed by atoms with Crippen molar-refractivity contribution in [2.45, 2.75) is 30.0 Å². The van der Waals surface area contributed by atoms with Crippen molar-refractivity contribution in [1.29, 1.82) is 0 Å². The minimum absolute atomic E-state index is 0.568. The van der Waals surface area contributed by atoms with Gasteiger partial charge in [0.25, 0.3) is 0 Å². The van der Waals surface area contributed by atoms with Gasteiger partial charge in [0.1, 0.15) is 0 Å². The average molecular weight is 304 g/mol. The highest BCUT2D eigenvalue weighted by Gasteiger charge is 2.31. The lowest BCUT2D eigenvalue weighted by atomic mass is 10.1. The van der Waals surface area contributed by atoms with Crippen molar-refractivity contribution in [2.75, 3.05) is 6.26 Å². The molecule has 0 aliphatic heterocycles. The number of pyridine rings is 1. The van der Waals surface area contributed by atoms with Crippen molar-refractivity contribution in [3.05, 3.63) is 17.7 Å². The smallest absolute Gasteiger partial charge is 0.249 e. The minimum atomic E-state index is 0.568. The van der Waals surface area contributed by atoms with Crippen molar-refractivity contribution in [3.63, 3.8) is 0 Å². The highest BCUT2D eigenvalue weighted by molar-refractivity contribution is 8.00. The Morgan fingerprint density at radius 3 is 2.85 bits per heavy atom. The van der Waals surface area contributed by atoms with E-state index in [0.29, 0.717) is 17.7 Å². The first-order valence-corrected chi connectivity index (χ1v) is 8.44. The third-order valence-corrected chi connectivity index (χ3v) is 5.42. The number of thioether (sulfide) groups is 1. The predicted molar refractivity (Wildman–Crippen MR) is 79.2 cm³/mol. The fourth-order valence-electron chi connectivity index (χ4n) is 2.31. The zero-order valence-corrected chi connectivity index (χ0v) is 12.7. The third-order valence-electron chi connectivity index (χ3n) is 3.36. The molecule has 7 heteroatoms. The van der Waals surface area contributed by atoms with Gasteiger partial charge in [0.2, 0.25) is 11.8 Å². The summed E-state index contributed by atoms with van der Waals surface area (Å²) >= 11 is 3.36. The summed E-state index contributed by atoms with van der Waals surface area (Å²) in [7, 11) is 0. The van der Waals surface area contributed by atoms with Gasteiger partial charge in [-0.3, -0.25) is 0 Å². The lowest BCUT2D eigenvalue weighted by Gasteiger charge is -2.04. The Balaban J connectivity index is 1.98. The number of rotatable bonds is 3.